The van der Waals surface area contributed by atoms with Crippen molar-refractivity contribution in [1.29, 1.82) is 0 Å². The van der Waals surface area contributed by atoms with Gasteiger partial charge in [-0.2, -0.15) is 4.31 Å². The first-order valence-electron chi connectivity index (χ1n) is 8.22. The van der Waals surface area contributed by atoms with Gasteiger partial charge in [0.05, 0.1) is 10.0 Å². The van der Waals surface area contributed by atoms with Gasteiger partial charge in [-0.15, -0.1) is 0 Å². The molecular formula is C16H20Cl2N2O4S. The summed E-state index contributed by atoms with van der Waals surface area (Å²) in [6.07, 6.45) is 1.46. The van der Waals surface area contributed by atoms with E-state index in [0.29, 0.717) is 26.3 Å². The van der Waals surface area contributed by atoms with E-state index in [4.69, 9.17) is 27.9 Å². The predicted octanol–water partition coefficient (Wildman–Crippen LogP) is 2.25. The fraction of sp³-hybridized carbons (Fsp3) is 0.562. The Bertz CT molecular complexity index is 743. The number of halogens is 2. The van der Waals surface area contributed by atoms with E-state index in [-0.39, 0.29) is 39.9 Å². The number of nitrogens with zero attached hydrogens (tertiary/aromatic N) is 2. The first kappa shape index (κ1) is 18.9. The number of carbonyl (C=O) groups excluding carboxylic acids is 1. The Morgan fingerprint density at radius 1 is 1.08 bits per heavy atom. The zero-order valence-electron chi connectivity index (χ0n) is 13.7. The van der Waals surface area contributed by atoms with Gasteiger partial charge >= 0.3 is 0 Å². The van der Waals surface area contributed by atoms with Crippen molar-refractivity contribution in [2.24, 2.45) is 5.92 Å². The number of carbonyl (C=O) groups is 1. The summed E-state index contributed by atoms with van der Waals surface area (Å²) in [5, 5.41) is 0.237. The molecule has 0 saturated carbocycles. The second-order valence-corrected chi connectivity index (χ2v) is 8.86. The van der Waals surface area contributed by atoms with Gasteiger partial charge in [-0.05, 0) is 25.0 Å². The summed E-state index contributed by atoms with van der Waals surface area (Å²) in [7, 11) is -3.73. The molecular weight excluding hydrogens is 387 g/mol. The van der Waals surface area contributed by atoms with Crippen LogP contribution in [0.4, 0.5) is 0 Å². The first-order valence-corrected chi connectivity index (χ1v) is 10.4. The molecule has 0 atom stereocenters. The number of rotatable bonds is 3. The average molecular weight is 407 g/mol. The normalized spacial score (nSPS) is 20.6. The summed E-state index contributed by atoms with van der Waals surface area (Å²) in [6.45, 7) is 2.48. The molecule has 1 amide bonds. The summed E-state index contributed by atoms with van der Waals surface area (Å²) in [5.74, 6) is 0.0837. The molecule has 9 heteroatoms. The van der Waals surface area contributed by atoms with Crippen LogP contribution in [0.2, 0.25) is 10.0 Å². The molecule has 138 valence electrons. The van der Waals surface area contributed by atoms with Gasteiger partial charge in [0, 0.05) is 45.3 Å². The van der Waals surface area contributed by atoms with Crippen molar-refractivity contribution in [2.75, 3.05) is 39.4 Å². The number of hydrogen-bond acceptors (Lipinski definition) is 4. The van der Waals surface area contributed by atoms with Crippen LogP contribution < -0.4 is 0 Å². The van der Waals surface area contributed by atoms with Gasteiger partial charge in [-0.25, -0.2) is 8.42 Å². The Kier molecular flexibility index (Phi) is 5.90. The van der Waals surface area contributed by atoms with Gasteiger partial charge in [0.15, 0.2) is 0 Å². The van der Waals surface area contributed by atoms with Crippen LogP contribution in [0.1, 0.15) is 12.8 Å². The fourth-order valence-electron chi connectivity index (χ4n) is 3.17. The highest BCUT2D eigenvalue weighted by Gasteiger charge is 2.34. The van der Waals surface area contributed by atoms with Crippen LogP contribution in [-0.4, -0.2) is 62.9 Å². The van der Waals surface area contributed by atoms with E-state index in [0.717, 1.165) is 12.8 Å². The van der Waals surface area contributed by atoms with Crippen LogP contribution in [0.25, 0.3) is 0 Å². The SMILES string of the molecule is O=C(C1CCOCC1)N1CCN(S(=O)(=O)c2cccc(Cl)c2Cl)CC1. The zero-order valence-corrected chi connectivity index (χ0v) is 16.0. The predicted molar refractivity (Wildman–Crippen MR) is 95.3 cm³/mol. The van der Waals surface area contributed by atoms with Crippen LogP contribution in [0.5, 0.6) is 0 Å². The van der Waals surface area contributed by atoms with Gasteiger partial charge in [-0.3, -0.25) is 4.79 Å². The van der Waals surface area contributed by atoms with Crippen molar-refractivity contribution >= 4 is 39.1 Å². The standard InChI is InChI=1S/C16H20Cl2N2O4S/c17-13-2-1-3-14(15(13)18)25(22,23)20-8-6-19(7-9-20)16(21)12-4-10-24-11-5-12/h1-3,12H,4-11H2. The minimum atomic E-state index is -3.73. The number of sulfonamides is 1. The van der Waals surface area contributed by atoms with Crippen molar-refractivity contribution in [3.8, 4) is 0 Å². The Morgan fingerprint density at radius 2 is 1.72 bits per heavy atom. The highest BCUT2D eigenvalue weighted by atomic mass is 35.5. The van der Waals surface area contributed by atoms with Crippen LogP contribution in [-0.2, 0) is 19.6 Å². The van der Waals surface area contributed by atoms with E-state index < -0.39 is 10.0 Å². The third-order valence-corrected chi connectivity index (χ3v) is 7.53. The van der Waals surface area contributed by atoms with E-state index >= 15 is 0 Å². The number of piperazine rings is 1. The molecule has 0 aliphatic carbocycles. The zero-order chi connectivity index (χ0) is 18.0. The summed E-state index contributed by atoms with van der Waals surface area (Å²) < 4.78 is 32.2. The number of amides is 1. The van der Waals surface area contributed by atoms with Crippen LogP contribution in [0, 0.1) is 5.92 Å². The third-order valence-electron chi connectivity index (χ3n) is 4.65. The number of hydrogen-bond donors (Lipinski definition) is 0. The Labute approximate surface area is 157 Å². The van der Waals surface area contributed by atoms with Gasteiger partial charge in [0.1, 0.15) is 4.90 Å². The second-order valence-electron chi connectivity index (χ2n) is 6.17. The van der Waals surface area contributed by atoms with Gasteiger partial charge < -0.3 is 9.64 Å². The number of ether oxygens (including phenoxy) is 1. The van der Waals surface area contributed by atoms with Gasteiger partial charge in [-0.1, -0.05) is 29.3 Å². The second kappa shape index (κ2) is 7.80. The molecule has 2 aliphatic heterocycles. The van der Waals surface area contributed by atoms with Crippen LogP contribution >= 0.6 is 23.2 Å². The lowest BCUT2D eigenvalue weighted by atomic mass is 9.98. The fourth-order valence-corrected chi connectivity index (χ4v) is 5.33. The topological polar surface area (TPSA) is 66.9 Å². The lowest BCUT2D eigenvalue weighted by molar-refractivity contribution is -0.139. The average Bonchev–Trinajstić information content (AvgIpc) is 2.64. The van der Waals surface area contributed by atoms with Crippen LogP contribution in [0.3, 0.4) is 0 Å². The summed E-state index contributed by atoms with van der Waals surface area (Å²) >= 11 is 12.0. The van der Waals surface area contributed by atoms with Crippen molar-refractivity contribution < 1.29 is 17.9 Å². The van der Waals surface area contributed by atoms with E-state index in [2.05, 4.69) is 0 Å². The van der Waals surface area contributed by atoms with E-state index in [9.17, 15) is 13.2 Å². The van der Waals surface area contributed by atoms with Crippen molar-refractivity contribution in [2.45, 2.75) is 17.7 Å². The van der Waals surface area contributed by atoms with E-state index in [1.807, 2.05) is 0 Å². The van der Waals surface area contributed by atoms with E-state index in [1.54, 1.807) is 17.0 Å². The summed E-state index contributed by atoms with van der Waals surface area (Å²) in [5.41, 5.74) is 0. The molecule has 2 aliphatic rings. The van der Waals surface area contributed by atoms with Crippen molar-refractivity contribution in [3.63, 3.8) is 0 Å². The lowest BCUT2D eigenvalue weighted by Crippen LogP contribution is -2.52. The maximum atomic E-state index is 12.8. The molecule has 0 bridgehead atoms. The van der Waals surface area contributed by atoms with E-state index in [1.165, 1.54) is 10.4 Å². The maximum absolute atomic E-state index is 12.8. The van der Waals surface area contributed by atoms with Gasteiger partial charge in [0.25, 0.3) is 0 Å². The minimum Gasteiger partial charge on any atom is -0.381 e. The summed E-state index contributed by atoms with van der Waals surface area (Å²) in [4.78, 5) is 14.3. The number of benzene rings is 1. The molecule has 0 N–H and O–H groups in total. The maximum Gasteiger partial charge on any atom is 0.244 e. The molecule has 0 unspecified atom stereocenters. The molecule has 3 rings (SSSR count). The highest BCUT2D eigenvalue weighted by molar-refractivity contribution is 7.89. The molecule has 25 heavy (non-hydrogen) atoms. The molecule has 2 heterocycles. The lowest BCUT2D eigenvalue weighted by Gasteiger charge is -2.36. The molecule has 2 fully saturated rings. The Hall–Kier alpha value is -0.860. The smallest absolute Gasteiger partial charge is 0.244 e. The molecule has 6 nitrogen and oxygen atoms in total. The van der Waals surface area contributed by atoms with Gasteiger partial charge in [0.2, 0.25) is 15.9 Å². The third kappa shape index (κ3) is 3.95. The molecule has 0 radical (unpaired) electrons. The molecule has 1 aromatic carbocycles. The van der Waals surface area contributed by atoms with Crippen LogP contribution in [0.15, 0.2) is 23.1 Å². The quantitative estimate of drug-likeness (QED) is 0.771. The molecule has 0 aromatic heterocycles. The minimum absolute atomic E-state index is 0.00544. The Morgan fingerprint density at radius 3 is 2.36 bits per heavy atom. The molecule has 2 saturated heterocycles. The molecule has 1 aromatic rings. The summed E-state index contributed by atoms with van der Waals surface area (Å²) in [6, 6.07) is 4.56. The Balaban J connectivity index is 1.67. The van der Waals surface area contributed by atoms with Crippen molar-refractivity contribution in [3.05, 3.63) is 28.2 Å². The van der Waals surface area contributed by atoms with Crippen molar-refractivity contribution in [1.82, 2.24) is 9.21 Å². The first-order chi connectivity index (χ1) is 11.9. The molecule has 0 spiro atoms. The highest BCUT2D eigenvalue weighted by Crippen LogP contribution is 2.31. The largest absolute Gasteiger partial charge is 0.381 e. The monoisotopic (exact) mass is 406 g/mol.